The molecule has 0 amide bonds. The molecule has 3 aromatic heterocycles. The van der Waals surface area contributed by atoms with Crippen molar-refractivity contribution >= 4 is 22.8 Å². The van der Waals surface area contributed by atoms with Crippen LogP contribution in [0.4, 0.5) is 11.6 Å². The summed E-state index contributed by atoms with van der Waals surface area (Å²) in [6.07, 6.45) is 4.68. The van der Waals surface area contributed by atoms with Gasteiger partial charge in [-0.1, -0.05) is 0 Å². The monoisotopic (exact) mass is 369 g/mol. The summed E-state index contributed by atoms with van der Waals surface area (Å²) in [4.78, 5) is 39.8. The van der Waals surface area contributed by atoms with Gasteiger partial charge in [-0.3, -0.25) is 19.3 Å². The van der Waals surface area contributed by atoms with Crippen molar-refractivity contribution in [3.05, 3.63) is 44.9 Å². The number of rotatable bonds is 2. The Morgan fingerprint density at radius 2 is 1.78 bits per heavy atom. The largest absolute Gasteiger partial charge is 0.369 e. The summed E-state index contributed by atoms with van der Waals surface area (Å²) < 4.78 is 3.16. The quantitative estimate of drug-likeness (QED) is 0.702. The Hall–Kier alpha value is -3.10. The predicted octanol–water partition coefficient (Wildman–Crippen LogP) is 0.380. The minimum Gasteiger partial charge on any atom is -0.369 e. The zero-order valence-electron chi connectivity index (χ0n) is 15.8. The Morgan fingerprint density at radius 3 is 2.56 bits per heavy atom. The van der Waals surface area contributed by atoms with E-state index in [0.29, 0.717) is 17.1 Å². The maximum absolute atomic E-state index is 12.2. The van der Waals surface area contributed by atoms with Gasteiger partial charge in [0.05, 0.1) is 0 Å². The lowest BCUT2D eigenvalue weighted by Crippen LogP contribution is -2.32. The van der Waals surface area contributed by atoms with Crippen molar-refractivity contribution in [2.24, 2.45) is 14.1 Å². The topological polar surface area (TPSA) is 92.1 Å². The Bertz CT molecular complexity index is 1110. The van der Waals surface area contributed by atoms with Crippen LogP contribution < -0.4 is 21.0 Å². The first-order valence-electron chi connectivity index (χ1n) is 9.03. The molecule has 1 fully saturated rings. The summed E-state index contributed by atoms with van der Waals surface area (Å²) in [6.45, 7) is 5.49. The number of nitrogens with one attached hydrogen (secondary N) is 1. The maximum atomic E-state index is 12.2. The highest BCUT2D eigenvalue weighted by atomic mass is 16.2. The molecule has 4 rings (SSSR count). The number of aromatic nitrogens is 5. The molecule has 0 atom stereocenters. The van der Waals surface area contributed by atoms with Crippen molar-refractivity contribution in [3.8, 4) is 0 Å². The number of pyridine rings is 1. The molecule has 0 unspecified atom stereocenters. The smallest absolute Gasteiger partial charge is 0.329 e. The highest BCUT2D eigenvalue weighted by Gasteiger charge is 2.22. The molecule has 0 bridgehead atoms. The lowest BCUT2D eigenvalue weighted by molar-refractivity contribution is 0.756. The predicted molar refractivity (Wildman–Crippen MR) is 105 cm³/mol. The second-order valence-corrected chi connectivity index (χ2v) is 6.95. The molecule has 1 saturated heterocycles. The number of fused-ring (bicyclic) bond motifs is 1. The van der Waals surface area contributed by atoms with Gasteiger partial charge in [-0.05, 0) is 25.0 Å². The molecule has 0 radical (unpaired) electrons. The van der Waals surface area contributed by atoms with Gasteiger partial charge in [0, 0.05) is 58.4 Å². The number of hydrogen-bond donors (Lipinski definition) is 1. The van der Waals surface area contributed by atoms with Crippen LogP contribution in [0.1, 0.15) is 12.0 Å². The van der Waals surface area contributed by atoms with Crippen molar-refractivity contribution in [2.45, 2.75) is 13.3 Å². The summed E-state index contributed by atoms with van der Waals surface area (Å²) in [5, 5.41) is 0. The molecule has 1 aliphatic heterocycles. The molecule has 1 N–H and O–H groups in total. The van der Waals surface area contributed by atoms with Gasteiger partial charge in [-0.2, -0.15) is 4.98 Å². The minimum atomic E-state index is -0.452. The average molecular weight is 369 g/mol. The van der Waals surface area contributed by atoms with E-state index in [1.165, 1.54) is 10.3 Å². The van der Waals surface area contributed by atoms with Gasteiger partial charge in [-0.15, -0.1) is 0 Å². The van der Waals surface area contributed by atoms with Crippen LogP contribution in [0, 0.1) is 6.92 Å². The first-order valence-corrected chi connectivity index (χ1v) is 9.03. The summed E-state index contributed by atoms with van der Waals surface area (Å²) in [5.74, 6) is 0.713. The number of anilines is 2. The molecule has 0 spiro atoms. The molecule has 9 heteroatoms. The van der Waals surface area contributed by atoms with Crippen LogP contribution in [0.5, 0.6) is 0 Å². The first-order chi connectivity index (χ1) is 13.0. The van der Waals surface area contributed by atoms with Crippen LogP contribution in [0.2, 0.25) is 0 Å². The van der Waals surface area contributed by atoms with E-state index in [9.17, 15) is 9.59 Å². The van der Waals surface area contributed by atoms with Crippen molar-refractivity contribution in [3.63, 3.8) is 0 Å². The Kier molecular flexibility index (Phi) is 4.21. The Morgan fingerprint density at radius 1 is 1.04 bits per heavy atom. The van der Waals surface area contributed by atoms with Crippen molar-refractivity contribution < 1.29 is 0 Å². The van der Waals surface area contributed by atoms with Gasteiger partial charge in [-0.25, -0.2) is 4.79 Å². The summed E-state index contributed by atoms with van der Waals surface area (Å²) in [7, 11) is 3.44. The number of aryl methyl sites for hydroxylation is 3. The van der Waals surface area contributed by atoms with E-state index in [-0.39, 0.29) is 0 Å². The average Bonchev–Trinajstić information content (AvgIpc) is 2.83. The third-order valence-corrected chi connectivity index (χ3v) is 5.22. The summed E-state index contributed by atoms with van der Waals surface area (Å²) in [6, 6.07) is 2.05. The lowest BCUT2D eigenvalue weighted by Gasteiger charge is -2.25. The number of H-pyrrole nitrogens is 1. The third-order valence-electron chi connectivity index (χ3n) is 5.22. The highest BCUT2D eigenvalue weighted by Crippen LogP contribution is 2.23. The van der Waals surface area contributed by atoms with Crippen molar-refractivity contribution in [2.75, 3.05) is 36.0 Å². The molecule has 142 valence electrons. The highest BCUT2D eigenvalue weighted by molar-refractivity contribution is 5.74. The van der Waals surface area contributed by atoms with Crippen molar-refractivity contribution in [1.82, 2.24) is 24.1 Å². The van der Waals surface area contributed by atoms with E-state index >= 15 is 0 Å². The fraction of sp³-hybridized carbons (Fsp3) is 0.444. The molecular weight excluding hydrogens is 346 g/mol. The summed E-state index contributed by atoms with van der Waals surface area (Å²) >= 11 is 0. The van der Waals surface area contributed by atoms with Crippen molar-refractivity contribution in [1.29, 1.82) is 0 Å². The SMILES string of the molecule is Cc1cnccc1N1CCCN(c2nc3c(c(=O)[nH]c(=O)n3C)n2C)CC1. The summed E-state index contributed by atoms with van der Waals surface area (Å²) in [5.41, 5.74) is 2.34. The minimum absolute atomic E-state index is 0.404. The van der Waals surface area contributed by atoms with Crippen LogP contribution in [0.15, 0.2) is 28.0 Å². The van der Waals surface area contributed by atoms with E-state index in [2.05, 4.69) is 37.7 Å². The van der Waals surface area contributed by atoms with Gasteiger partial charge >= 0.3 is 5.69 Å². The maximum Gasteiger partial charge on any atom is 0.329 e. The second kappa shape index (κ2) is 6.57. The fourth-order valence-electron chi connectivity index (χ4n) is 3.76. The lowest BCUT2D eigenvalue weighted by atomic mass is 10.2. The molecule has 0 aromatic carbocycles. The van der Waals surface area contributed by atoms with Gasteiger partial charge < -0.3 is 14.4 Å². The molecule has 9 nitrogen and oxygen atoms in total. The van der Waals surface area contributed by atoms with Crippen LogP contribution in [0.25, 0.3) is 11.2 Å². The van der Waals surface area contributed by atoms with E-state index in [0.717, 1.165) is 38.2 Å². The second-order valence-electron chi connectivity index (χ2n) is 6.95. The zero-order chi connectivity index (χ0) is 19.1. The van der Waals surface area contributed by atoms with Gasteiger partial charge in [0.25, 0.3) is 5.56 Å². The van der Waals surface area contributed by atoms with E-state index < -0.39 is 11.2 Å². The molecule has 0 aliphatic carbocycles. The van der Waals surface area contributed by atoms with Crippen LogP contribution in [-0.2, 0) is 14.1 Å². The third kappa shape index (κ3) is 2.88. The molecular formula is C18H23N7O2. The van der Waals surface area contributed by atoms with Gasteiger partial charge in [0.15, 0.2) is 11.2 Å². The Balaban J connectivity index is 1.67. The van der Waals surface area contributed by atoms with Crippen LogP contribution >= 0.6 is 0 Å². The first kappa shape index (κ1) is 17.3. The number of nitrogens with zero attached hydrogens (tertiary/aromatic N) is 6. The van der Waals surface area contributed by atoms with E-state index in [4.69, 9.17) is 0 Å². The fourth-order valence-corrected chi connectivity index (χ4v) is 3.76. The van der Waals surface area contributed by atoms with E-state index in [1.54, 1.807) is 11.6 Å². The molecule has 1 aliphatic rings. The van der Waals surface area contributed by atoms with Crippen LogP contribution in [-0.4, -0.2) is 50.3 Å². The number of imidazole rings is 1. The zero-order valence-corrected chi connectivity index (χ0v) is 15.8. The molecule has 4 heterocycles. The molecule has 3 aromatic rings. The van der Waals surface area contributed by atoms with Gasteiger partial charge in [0.2, 0.25) is 5.95 Å². The Labute approximate surface area is 155 Å². The normalized spacial score (nSPS) is 15.4. The van der Waals surface area contributed by atoms with Gasteiger partial charge in [0.1, 0.15) is 0 Å². The number of aromatic amines is 1. The molecule has 27 heavy (non-hydrogen) atoms. The van der Waals surface area contributed by atoms with Crippen LogP contribution in [0.3, 0.4) is 0 Å². The van der Waals surface area contributed by atoms with E-state index in [1.807, 2.05) is 19.4 Å². The molecule has 0 saturated carbocycles. The number of hydrogen-bond acceptors (Lipinski definition) is 6. The standard InChI is InChI=1S/C18H23N7O2/c1-12-11-19-6-5-13(12)24-7-4-8-25(10-9-24)17-20-15-14(22(17)2)16(26)21-18(27)23(15)3/h5-6,11H,4,7-10H2,1-3H3,(H,21,26,27).